The zero-order valence-corrected chi connectivity index (χ0v) is 12.5. The Hall–Kier alpha value is -2.28. The van der Waals surface area contributed by atoms with E-state index in [1.807, 2.05) is 0 Å². The minimum absolute atomic E-state index is 0.0464. The molecule has 2 rings (SSSR count). The van der Waals surface area contributed by atoms with Crippen molar-refractivity contribution < 1.29 is 14.1 Å². The van der Waals surface area contributed by atoms with Gasteiger partial charge in [0.15, 0.2) is 0 Å². The van der Waals surface area contributed by atoms with Crippen LogP contribution in [0.4, 0.5) is 15.8 Å². The van der Waals surface area contributed by atoms with Crippen molar-refractivity contribution in [3.8, 4) is 0 Å². The number of amides is 1. The van der Waals surface area contributed by atoms with Crippen molar-refractivity contribution in [2.45, 2.75) is 6.92 Å². The van der Waals surface area contributed by atoms with Crippen LogP contribution in [0.15, 0.2) is 40.9 Å². The fraction of sp³-hybridized carbons (Fsp3) is 0.0714. The molecule has 7 heteroatoms. The standard InChI is InChI=1S/C14H10BrFN2O3/c1-8-6-11(18(20)21)7-12(13(8)16)14(19)17-10-4-2-9(15)3-5-10/h2-7H,1H3,(H,17,19). The molecule has 1 amide bonds. The molecule has 1 N–H and O–H groups in total. The topological polar surface area (TPSA) is 72.2 Å². The summed E-state index contributed by atoms with van der Waals surface area (Å²) in [6.45, 7) is 1.37. The number of anilines is 1. The van der Waals surface area contributed by atoms with E-state index in [2.05, 4.69) is 21.2 Å². The first kappa shape index (κ1) is 15.1. The number of nitro benzene ring substituents is 1. The average Bonchev–Trinajstić information content (AvgIpc) is 2.43. The predicted octanol–water partition coefficient (Wildman–Crippen LogP) is 4.06. The van der Waals surface area contributed by atoms with E-state index in [1.165, 1.54) is 6.92 Å². The lowest BCUT2D eigenvalue weighted by Gasteiger charge is -2.08. The number of hydrogen-bond acceptors (Lipinski definition) is 3. The molecule has 0 aliphatic rings. The molecule has 2 aromatic rings. The van der Waals surface area contributed by atoms with Gasteiger partial charge in [-0.25, -0.2) is 4.39 Å². The van der Waals surface area contributed by atoms with Gasteiger partial charge in [0.1, 0.15) is 5.82 Å². The molecular formula is C14H10BrFN2O3. The van der Waals surface area contributed by atoms with E-state index in [0.29, 0.717) is 5.69 Å². The molecule has 0 heterocycles. The fourth-order valence-corrected chi connectivity index (χ4v) is 2.02. The fourth-order valence-electron chi connectivity index (χ4n) is 1.75. The van der Waals surface area contributed by atoms with E-state index in [9.17, 15) is 19.3 Å². The van der Waals surface area contributed by atoms with E-state index >= 15 is 0 Å². The van der Waals surface area contributed by atoms with E-state index in [4.69, 9.17) is 0 Å². The lowest BCUT2D eigenvalue weighted by atomic mass is 10.1. The smallest absolute Gasteiger partial charge is 0.270 e. The van der Waals surface area contributed by atoms with Gasteiger partial charge >= 0.3 is 0 Å². The summed E-state index contributed by atoms with van der Waals surface area (Å²) in [4.78, 5) is 22.2. The van der Waals surface area contributed by atoms with E-state index in [0.717, 1.165) is 16.6 Å². The number of benzene rings is 2. The van der Waals surface area contributed by atoms with Gasteiger partial charge in [0.05, 0.1) is 10.5 Å². The Bertz CT molecular complexity index is 717. The molecule has 0 aliphatic carbocycles. The average molecular weight is 353 g/mol. The van der Waals surface area contributed by atoms with Crippen molar-refractivity contribution in [3.05, 3.63) is 67.9 Å². The van der Waals surface area contributed by atoms with Crippen molar-refractivity contribution >= 4 is 33.2 Å². The lowest BCUT2D eigenvalue weighted by Crippen LogP contribution is -2.15. The van der Waals surface area contributed by atoms with Crippen LogP contribution in [-0.2, 0) is 0 Å². The molecule has 0 atom stereocenters. The number of carbonyl (C=O) groups is 1. The van der Waals surface area contributed by atoms with Gasteiger partial charge < -0.3 is 5.32 Å². The highest BCUT2D eigenvalue weighted by Gasteiger charge is 2.19. The largest absolute Gasteiger partial charge is 0.322 e. The van der Waals surface area contributed by atoms with Crippen LogP contribution in [-0.4, -0.2) is 10.8 Å². The van der Waals surface area contributed by atoms with Gasteiger partial charge in [0, 0.05) is 22.3 Å². The number of rotatable bonds is 3. The minimum atomic E-state index is -0.768. The molecule has 2 aromatic carbocycles. The molecule has 0 aromatic heterocycles. The van der Waals surface area contributed by atoms with Crippen LogP contribution in [0, 0.1) is 22.9 Å². The summed E-state index contributed by atoms with van der Waals surface area (Å²) in [5, 5.41) is 13.3. The van der Waals surface area contributed by atoms with Crippen molar-refractivity contribution in [2.75, 3.05) is 5.32 Å². The third-order valence-corrected chi connectivity index (χ3v) is 3.33. The van der Waals surface area contributed by atoms with Gasteiger partial charge in [-0.15, -0.1) is 0 Å². The van der Waals surface area contributed by atoms with Gasteiger partial charge in [-0.1, -0.05) is 15.9 Å². The molecular weight excluding hydrogens is 343 g/mol. The Balaban J connectivity index is 2.34. The van der Waals surface area contributed by atoms with Gasteiger partial charge in [0.25, 0.3) is 11.6 Å². The second kappa shape index (κ2) is 6.01. The Morgan fingerprint density at radius 2 is 1.90 bits per heavy atom. The van der Waals surface area contributed by atoms with Crippen LogP contribution in [0.3, 0.4) is 0 Å². The Morgan fingerprint density at radius 1 is 1.29 bits per heavy atom. The minimum Gasteiger partial charge on any atom is -0.322 e. The summed E-state index contributed by atoms with van der Waals surface area (Å²) in [5.74, 6) is -1.50. The molecule has 0 spiro atoms. The highest BCUT2D eigenvalue weighted by Crippen LogP contribution is 2.22. The number of nitrogens with one attached hydrogen (secondary N) is 1. The Labute approximate surface area is 128 Å². The van der Waals surface area contributed by atoms with Crippen LogP contribution >= 0.6 is 15.9 Å². The molecule has 0 aliphatic heterocycles. The SMILES string of the molecule is Cc1cc([N+](=O)[O-])cc(C(=O)Nc2ccc(Br)cc2)c1F. The first-order valence-electron chi connectivity index (χ1n) is 5.90. The molecule has 21 heavy (non-hydrogen) atoms. The van der Waals surface area contributed by atoms with E-state index in [1.54, 1.807) is 24.3 Å². The number of non-ortho nitro benzene ring substituents is 1. The number of aryl methyl sites for hydroxylation is 1. The van der Waals surface area contributed by atoms with E-state index < -0.39 is 16.6 Å². The second-order valence-electron chi connectivity index (χ2n) is 4.34. The van der Waals surface area contributed by atoms with Crippen LogP contribution in [0.5, 0.6) is 0 Å². The van der Waals surface area contributed by atoms with Crippen LogP contribution in [0.25, 0.3) is 0 Å². The summed E-state index contributed by atoms with van der Waals surface area (Å²) in [6.07, 6.45) is 0. The molecule has 0 fully saturated rings. The maximum absolute atomic E-state index is 14.0. The molecule has 0 bridgehead atoms. The van der Waals surface area contributed by atoms with Gasteiger partial charge in [-0.2, -0.15) is 0 Å². The van der Waals surface area contributed by atoms with Crippen molar-refractivity contribution in [3.63, 3.8) is 0 Å². The lowest BCUT2D eigenvalue weighted by molar-refractivity contribution is -0.385. The third kappa shape index (κ3) is 3.43. The summed E-state index contributed by atoms with van der Waals surface area (Å²) in [7, 11) is 0. The van der Waals surface area contributed by atoms with E-state index in [-0.39, 0.29) is 16.8 Å². The summed E-state index contributed by atoms with van der Waals surface area (Å²) in [6, 6.07) is 8.70. The second-order valence-corrected chi connectivity index (χ2v) is 5.26. The van der Waals surface area contributed by atoms with Crippen molar-refractivity contribution in [1.82, 2.24) is 0 Å². The highest BCUT2D eigenvalue weighted by atomic mass is 79.9. The molecule has 5 nitrogen and oxygen atoms in total. The maximum Gasteiger partial charge on any atom is 0.270 e. The van der Waals surface area contributed by atoms with Crippen molar-refractivity contribution in [1.29, 1.82) is 0 Å². The quantitative estimate of drug-likeness (QED) is 0.668. The summed E-state index contributed by atoms with van der Waals surface area (Å²) < 4.78 is 14.8. The number of carbonyl (C=O) groups excluding carboxylic acids is 1. The molecule has 108 valence electrons. The van der Waals surface area contributed by atoms with Gasteiger partial charge in [-0.05, 0) is 36.8 Å². The maximum atomic E-state index is 14.0. The van der Waals surface area contributed by atoms with Gasteiger partial charge in [-0.3, -0.25) is 14.9 Å². The van der Waals surface area contributed by atoms with Crippen LogP contribution < -0.4 is 5.32 Å². The number of halogens is 2. The summed E-state index contributed by atoms with van der Waals surface area (Å²) >= 11 is 3.26. The highest BCUT2D eigenvalue weighted by molar-refractivity contribution is 9.10. The first-order valence-corrected chi connectivity index (χ1v) is 6.69. The zero-order valence-electron chi connectivity index (χ0n) is 10.9. The number of nitrogens with zero attached hydrogens (tertiary/aromatic N) is 1. The Kier molecular flexibility index (Phi) is 4.32. The number of nitro groups is 1. The zero-order chi connectivity index (χ0) is 15.6. The summed E-state index contributed by atoms with van der Waals surface area (Å²) in [5.41, 5.74) is -0.170. The predicted molar refractivity (Wildman–Crippen MR) is 79.9 cm³/mol. The molecule has 0 unspecified atom stereocenters. The number of hydrogen-bond donors (Lipinski definition) is 1. The Morgan fingerprint density at radius 3 is 2.48 bits per heavy atom. The molecule has 0 saturated heterocycles. The normalized spacial score (nSPS) is 10.2. The van der Waals surface area contributed by atoms with Crippen LogP contribution in [0.1, 0.15) is 15.9 Å². The van der Waals surface area contributed by atoms with Crippen molar-refractivity contribution in [2.24, 2.45) is 0 Å². The monoisotopic (exact) mass is 352 g/mol. The molecule has 0 radical (unpaired) electrons. The third-order valence-electron chi connectivity index (χ3n) is 2.80. The molecule has 0 saturated carbocycles. The van der Waals surface area contributed by atoms with Crippen LogP contribution in [0.2, 0.25) is 0 Å². The first-order chi connectivity index (χ1) is 9.88. The van der Waals surface area contributed by atoms with Gasteiger partial charge in [0.2, 0.25) is 0 Å².